The summed E-state index contributed by atoms with van der Waals surface area (Å²) in [5.41, 5.74) is 5.17. The van der Waals surface area contributed by atoms with Crippen molar-refractivity contribution in [3.05, 3.63) is 115 Å². The molecule has 0 aliphatic heterocycles. The molecule has 0 amide bonds. The van der Waals surface area contributed by atoms with Gasteiger partial charge in [0.15, 0.2) is 4.96 Å². The number of fused-ring (bicyclic) bond motifs is 3. The fourth-order valence-electron chi connectivity index (χ4n) is 4.02. The van der Waals surface area contributed by atoms with Crippen LogP contribution in [-0.4, -0.2) is 19.2 Å². The molecule has 3 aromatic heterocycles. The van der Waals surface area contributed by atoms with E-state index in [2.05, 4.69) is 4.98 Å². The molecule has 0 saturated carbocycles. The van der Waals surface area contributed by atoms with E-state index in [1.807, 2.05) is 83.7 Å². The summed E-state index contributed by atoms with van der Waals surface area (Å²) in [6.45, 7) is 0.521. The van der Waals surface area contributed by atoms with Gasteiger partial charge >= 0.3 is 0 Å². The highest BCUT2D eigenvalue weighted by Crippen LogP contribution is 2.26. The lowest BCUT2D eigenvalue weighted by atomic mass is 10.1. The molecule has 34 heavy (non-hydrogen) atoms. The zero-order chi connectivity index (χ0) is 23.2. The minimum Gasteiger partial charge on any atom is -0.267 e. The van der Waals surface area contributed by atoms with Gasteiger partial charge in [-0.1, -0.05) is 83.1 Å². The van der Waals surface area contributed by atoms with Crippen LogP contribution in [0.4, 0.5) is 0 Å². The van der Waals surface area contributed by atoms with Crippen LogP contribution in [0.25, 0.3) is 33.3 Å². The summed E-state index contributed by atoms with van der Waals surface area (Å²) in [6.07, 6.45) is 3.85. The van der Waals surface area contributed by atoms with Crippen LogP contribution in [0, 0.1) is 0 Å². The first kappa shape index (κ1) is 21.1. The third-order valence-corrected chi connectivity index (χ3v) is 7.31. The van der Waals surface area contributed by atoms with Gasteiger partial charge in [-0.25, -0.2) is 9.38 Å². The van der Waals surface area contributed by atoms with Crippen molar-refractivity contribution in [1.29, 1.82) is 0 Å². The van der Waals surface area contributed by atoms with E-state index in [9.17, 15) is 4.79 Å². The fraction of sp³-hybridized carbons (Fsp3) is 0.0385. The zero-order valence-corrected chi connectivity index (χ0v) is 20.0. The second-order valence-corrected chi connectivity index (χ2v) is 9.70. The molecule has 0 aliphatic rings. The van der Waals surface area contributed by atoms with Gasteiger partial charge in [0.25, 0.3) is 5.56 Å². The number of nitrogens with zero attached hydrogens (tertiary/aromatic N) is 4. The van der Waals surface area contributed by atoms with Gasteiger partial charge < -0.3 is 0 Å². The largest absolute Gasteiger partial charge is 0.274 e. The van der Waals surface area contributed by atoms with Gasteiger partial charge in [0.2, 0.25) is 0 Å². The molecule has 5 nitrogen and oxygen atoms in total. The highest BCUT2D eigenvalue weighted by molar-refractivity contribution is 7.15. The third kappa shape index (κ3) is 3.70. The first-order valence-corrected chi connectivity index (χ1v) is 12.1. The van der Waals surface area contributed by atoms with E-state index >= 15 is 0 Å². The number of hydrogen-bond acceptors (Lipinski definition) is 4. The first-order chi connectivity index (χ1) is 16.6. The predicted octanol–water partition coefficient (Wildman–Crippen LogP) is 5.68. The van der Waals surface area contributed by atoms with E-state index in [0.717, 1.165) is 33.4 Å². The average molecular weight is 503 g/mol. The molecule has 0 spiro atoms. The number of rotatable bonds is 4. The molecule has 166 valence electrons. The normalized spacial score (nSPS) is 12.2. The first-order valence-electron chi connectivity index (χ1n) is 10.6. The maximum Gasteiger partial charge on any atom is 0.274 e. The molecule has 0 radical (unpaired) electrons. The number of aromatic nitrogens is 4. The molecule has 0 aliphatic carbocycles. The second kappa shape index (κ2) is 8.40. The number of halogens is 2. The average Bonchev–Trinajstić information content (AvgIpc) is 3.50. The summed E-state index contributed by atoms with van der Waals surface area (Å²) in [7, 11) is 0. The number of hydrogen-bond donors (Lipinski definition) is 0. The van der Waals surface area contributed by atoms with Crippen molar-refractivity contribution >= 4 is 56.6 Å². The Hall–Kier alpha value is -3.45. The molecule has 3 aromatic carbocycles. The summed E-state index contributed by atoms with van der Waals surface area (Å²) >= 11 is 13.6. The Morgan fingerprint density at radius 2 is 1.74 bits per heavy atom. The number of imidazole rings is 1. The van der Waals surface area contributed by atoms with Crippen molar-refractivity contribution < 1.29 is 0 Å². The summed E-state index contributed by atoms with van der Waals surface area (Å²) in [5, 5.41) is 5.86. The molecule has 6 aromatic rings. The van der Waals surface area contributed by atoms with Gasteiger partial charge in [-0.2, -0.15) is 5.10 Å². The molecule has 8 heteroatoms. The maximum atomic E-state index is 13.3. The Bertz CT molecular complexity index is 1790. The second-order valence-electron chi connectivity index (χ2n) is 7.88. The Morgan fingerprint density at radius 1 is 0.941 bits per heavy atom. The fourth-order valence-corrected chi connectivity index (χ4v) is 5.32. The number of para-hydroxylation sites is 2. The van der Waals surface area contributed by atoms with Crippen LogP contribution in [0.1, 0.15) is 11.1 Å². The van der Waals surface area contributed by atoms with Gasteiger partial charge in [-0.05, 0) is 35.9 Å². The highest BCUT2D eigenvalue weighted by Gasteiger charge is 2.14. The Kier molecular flexibility index (Phi) is 5.21. The van der Waals surface area contributed by atoms with Crippen molar-refractivity contribution in [1.82, 2.24) is 19.2 Å². The molecule has 0 saturated heterocycles. The van der Waals surface area contributed by atoms with Crippen molar-refractivity contribution in [3.63, 3.8) is 0 Å². The van der Waals surface area contributed by atoms with E-state index in [4.69, 9.17) is 28.3 Å². The molecule has 3 heterocycles. The minimum atomic E-state index is -0.0788. The monoisotopic (exact) mass is 502 g/mol. The summed E-state index contributed by atoms with van der Waals surface area (Å²) in [5.74, 6) is 0. The van der Waals surface area contributed by atoms with Gasteiger partial charge in [0, 0.05) is 17.3 Å². The van der Waals surface area contributed by atoms with Crippen molar-refractivity contribution in [2.45, 2.75) is 6.54 Å². The van der Waals surface area contributed by atoms with Crippen LogP contribution in [0.3, 0.4) is 0 Å². The highest BCUT2D eigenvalue weighted by atomic mass is 35.5. The summed E-state index contributed by atoms with van der Waals surface area (Å²) in [6, 6.07) is 23.1. The summed E-state index contributed by atoms with van der Waals surface area (Å²) in [4.78, 5) is 18.6. The van der Waals surface area contributed by atoms with E-state index in [0.29, 0.717) is 26.1 Å². The Balaban J connectivity index is 1.50. The molecule has 0 unspecified atom stereocenters. The molecule has 0 N–H and O–H groups in total. The quantitative estimate of drug-likeness (QED) is 0.311. The number of benzene rings is 3. The molecular formula is C26H16Cl2N4OS. The van der Waals surface area contributed by atoms with Gasteiger partial charge in [0.05, 0.1) is 37.8 Å². The standard InChI is InChI=1S/C26H16Cl2N4OS/c27-19-11-10-16(12-20(19)28)14-31-15-18(24(30-31)17-6-2-1-3-7-17)13-23-25(33)32-22-9-5-4-8-21(22)29-26(32)34-23/h1-13,15H,14H2/b23-13-. The van der Waals surface area contributed by atoms with Gasteiger partial charge in [-0.15, -0.1) is 0 Å². The van der Waals surface area contributed by atoms with Crippen LogP contribution >= 0.6 is 34.5 Å². The summed E-state index contributed by atoms with van der Waals surface area (Å²) < 4.78 is 4.14. The van der Waals surface area contributed by atoms with E-state index in [1.54, 1.807) is 10.5 Å². The predicted molar refractivity (Wildman–Crippen MR) is 139 cm³/mol. The third-order valence-electron chi connectivity index (χ3n) is 5.60. The Morgan fingerprint density at radius 3 is 2.56 bits per heavy atom. The van der Waals surface area contributed by atoms with Crippen molar-refractivity contribution in [3.8, 4) is 11.3 Å². The molecular weight excluding hydrogens is 487 g/mol. The van der Waals surface area contributed by atoms with Crippen LogP contribution in [-0.2, 0) is 6.54 Å². The maximum absolute atomic E-state index is 13.3. The van der Waals surface area contributed by atoms with E-state index in [1.165, 1.54) is 11.3 Å². The van der Waals surface area contributed by atoms with E-state index in [-0.39, 0.29) is 5.56 Å². The van der Waals surface area contributed by atoms with Crippen molar-refractivity contribution in [2.75, 3.05) is 0 Å². The molecule has 0 fully saturated rings. The number of thiazole rings is 1. The lowest BCUT2D eigenvalue weighted by Gasteiger charge is -2.03. The van der Waals surface area contributed by atoms with Gasteiger partial charge in [-0.3, -0.25) is 9.48 Å². The smallest absolute Gasteiger partial charge is 0.267 e. The van der Waals surface area contributed by atoms with Gasteiger partial charge in [0.1, 0.15) is 0 Å². The zero-order valence-electron chi connectivity index (χ0n) is 17.7. The lowest BCUT2D eigenvalue weighted by molar-refractivity contribution is 0.689. The lowest BCUT2D eigenvalue weighted by Crippen LogP contribution is -2.22. The topological polar surface area (TPSA) is 52.2 Å². The molecule has 6 rings (SSSR count). The molecule has 0 bridgehead atoms. The van der Waals surface area contributed by atoms with Crippen LogP contribution in [0.15, 0.2) is 83.8 Å². The van der Waals surface area contributed by atoms with Crippen molar-refractivity contribution in [2.24, 2.45) is 0 Å². The van der Waals surface area contributed by atoms with Crippen LogP contribution in [0.5, 0.6) is 0 Å². The van der Waals surface area contributed by atoms with Crippen LogP contribution < -0.4 is 10.1 Å². The molecule has 0 atom stereocenters. The SMILES string of the molecule is O=c1/c(=C/c2cn(Cc3ccc(Cl)c(Cl)c3)nc2-c2ccccc2)sc2nc3ccccc3n12. The van der Waals surface area contributed by atoms with E-state index < -0.39 is 0 Å². The minimum absolute atomic E-state index is 0.0788. The Labute approximate surface area is 208 Å². The van der Waals surface area contributed by atoms with Crippen LogP contribution in [0.2, 0.25) is 10.0 Å².